The van der Waals surface area contributed by atoms with E-state index in [0.717, 1.165) is 49.7 Å². The second kappa shape index (κ2) is 7.96. The Morgan fingerprint density at radius 2 is 1.83 bits per heavy atom. The van der Waals surface area contributed by atoms with Crippen LogP contribution >= 0.6 is 11.3 Å². The Bertz CT molecular complexity index is 547. The second-order valence-electron chi connectivity index (χ2n) is 6.85. The molecule has 0 aliphatic carbocycles. The molecule has 2 aliphatic heterocycles. The molecule has 0 bridgehead atoms. The summed E-state index contributed by atoms with van der Waals surface area (Å²) in [5, 5.41) is 5.72. The van der Waals surface area contributed by atoms with Gasteiger partial charge in [0.2, 0.25) is 5.91 Å². The molecule has 3 heterocycles. The molecular formula is C17H26N4O2S. The van der Waals surface area contributed by atoms with Crippen LogP contribution in [0.4, 0.5) is 4.79 Å². The Hall–Kier alpha value is -1.63. The minimum atomic E-state index is -0.0529. The Labute approximate surface area is 147 Å². The summed E-state index contributed by atoms with van der Waals surface area (Å²) >= 11 is 1.54. The molecule has 1 aromatic heterocycles. The number of amides is 3. The predicted molar refractivity (Wildman–Crippen MR) is 93.6 cm³/mol. The van der Waals surface area contributed by atoms with Crippen molar-refractivity contribution in [2.45, 2.75) is 39.2 Å². The molecule has 2 aliphatic rings. The summed E-state index contributed by atoms with van der Waals surface area (Å²) in [7, 11) is 0. The average molecular weight is 350 g/mol. The molecule has 6 nitrogen and oxygen atoms in total. The van der Waals surface area contributed by atoms with Crippen LogP contribution in [0.5, 0.6) is 0 Å². The summed E-state index contributed by atoms with van der Waals surface area (Å²) in [6.45, 7) is 5.84. The van der Waals surface area contributed by atoms with Gasteiger partial charge < -0.3 is 15.1 Å². The molecule has 0 atom stereocenters. The fourth-order valence-electron chi connectivity index (χ4n) is 3.42. The minimum absolute atomic E-state index is 0.0529. The first-order chi connectivity index (χ1) is 11.6. The van der Waals surface area contributed by atoms with Crippen LogP contribution in [-0.2, 0) is 11.3 Å². The van der Waals surface area contributed by atoms with Crippen molar-refractivity contribution in [2.24, 2.45) is 11.8 Å². The lowest BCUT2D eigenvalue weighted by Crippen LogP contribution is -2.48. The SMILES string of the molecule is CC1CCN(C(=O)C2CCN(C(=O)NCc3nccs3)CC2)CC1. The van der Waals surface area contributed by atoms with Crippen molar-refractivity contribution in [1.82, 2.24) is 20.1 Å². The Kier molecular flexibility index (Phi) is 5.71. The number of rotatable bonds is 3. The van der Waals surface area contributed by atoms with Gasteiger partial charge in [0.15, 0.2) is 0 Å². The zero-order valence-corrected chi connectivity index (χ0v) is 15.1. The molecule has 1 N–H and O–H groups in total. The number of carbonyl (C=O) groups is 2. The van der Waals surface area contributed by atoms with E-state index < -0.39 is 0 Å². The number of nitrogens with one attached hydrogen (secondary N) is 1. The van der Waals surface area contributed by atoms with Crippen molar-refractivity contribution in [3.63, 3.8) is 0 Å². The van der Waals surface area contributed by atoms with Crippen LogP contribution in [0.1, 0.15) is 37.6 Å². The van der Waals surface area contributed by atoms with Gasteiger partial charge >= 0.3 is 6.03 Å². The van der Waals surface area contributed by atoms with Gasteiger partial charge in [0, 0.05) is 43.7 Å². The highest BCUT2D eigenvalue weighted by Gasteiger charge is 2.31. The van der Waals surface area contributed by atoms with Crippen molar-refractivity contribution in [3.05, 3.63) is 16.6 Å². The Balaban J connectivity index is 1.41. The summed E-state index contributed by atoms with van der Waals surface area (Å²) in [5.74, 6) is 1.11. The van der Waals surface area contributed by atoms with E-state index in [9.17, 15) is 9.59 Å². The molecule has 2 saturated heterocycles. The van der Waals surface area contributed by atoms with Gasteiger partial charge in [-0.1, -0.05) is 6.92 Å². The molecule has 2 fully saturated rings. The molecule has 1 aromatic rings. The summed E-state index contributed by atoms with van der Waals surface area (Å²) < 4.78 is 0. The smallest absolute Gasteiger partial charge is 0.317 e. The van der Waals surface area contributed by atoms with Crippen molar-refractivity contribution < 1.29 is 9.59 Å². The van der Waals surface area contributed by atoms with Crippen molar-refractivity contribution in [2.75, 3.05) is 26.2 Å². The summed E-state index contributed by atoms with van der Waals surface area (Å²) in [6, 6.07) is -0.0529. The van der Waals surface area contributed by atoms with Crippen molar-refractivity contribution in [3.8, 4) is 0 Å². The highest BCUT2D eigenvalue weighted by Crippen LogP contribution is 2.23. The molecule has 0 radical (unpaired) electrons. The third kappa shape index (κ3) is 4.26. The Morgan fingerprint density at radius 3 is 2.46 bits per heavy atom. The van der Waals surface area contributed by atoms with Gasteiger partial charge in [-0.05, 0) is 31.6 Å². The maximum Gasteiger partial charge on any atom is 0.317 e. The summed E-state index contributed by atoms with van der Waals surface area (Å²) in [5.41, 5.74) is 0. The van der Waals surface area contributed by atoms with Crippen LogP contribution in [0.2, 0.25) is 0 Å². The molecule has 0 unspecified atom stereocenters. The zero-order chi connectivity index (χ0) is 16.9. The normalized spacial score (nSPS) is 20.2. The van der Waals surface area contributed by atoms with Crippen LogP contribution in [0.15, 0.2) is 11.6 Å². The van der Waals surface area contributed by atoms with E-state index in [1.54, 1.807) is 6.20 Å². The third-order valence-electron chi connectivity index (χ3n) is 5.10. The van der Waals surface area contributed by atoms with Gasteiger partial charge in [0.05, 0.1) is 6.54 Å². The zero-order valence-electron chi connectivity index (χ0n) is 14.2. The number of hydrogen-bond donors (Lipinski definition) is 1. The van der Waals surface area contributed by atoms with Gasteiger partial charge in [-0.25, -0.2) is 9.78 Å². The summed E-state index contributed by atoms with van der Waals surface area (Å²) in [6.07, 6.45) is 5.52. The lowest BCUT2D eigenvalue weighted by atomic mass is 9.93. The molecule has 132 valence electrons. The molecule has 3 amide bonds. The molecule has 3 rings (SSSR count). The monoisotopic (exact) mass is 350 g/mol. The molecule has 0 aromatic carbocycles. The maximum absolute atomic E-state index is 12.6. The molecule has 7 heteroatoms. The first-order valence-electron chi connectivity index (χ1n) is 8.83. The van der Waals surface area contributed by atoms with Gasteiger partial charge in [-0.2, -0.15) is 0 Å². The maximum atomic E-state index is 12.6. The lowest BCUT2D eigenvalue weighted by Gasteiger charge is -2.36. The van der Waals surface area contributed by atoms with E-state index in [1.165, 1.54) is 11.3 Å². The van der Waals surface area contributed by atoms with E-state index in [-0.39, 0.29) is 11.9 Å². The van der Waals surface area contributed by atoms with Crippen LogP contribution < -0.4 is 5.32 Å². The third-order valence-corrected chi connectivity index (χ3v) is 5.88. The molecule has 0 spiro atoms. The fourth-order valence-corrected chi connectivity index (χ4v) is 3.98. The van der Waals surface area contributed by atoms with Crippen LogP contribution in [-0.4, -0.2) is 52.9 Å². The number of urea groups is 1. The highest BCUT2D eigenvalue weighted by atomic mass is 32.1. The first kappa shape index (κ1) is 17.2. The number of nitrogens with zero attached hydrogens (tertiary/aromatic N) is 3. The van der Waals surface area contributed by atoms with Crippen molar-refractivity contribution >= 4 is 23.3 Å². The van der Waals surface area contributed by atoms with E-state index in [0.29, 0.717) is 25.5 Å². The standard InChI is InChI=1S/C17H26N4O2S/c1-13-2-7-20(8-3-13)16(22)14-4-9-21(10-5-14)17(23)19-12-15-18-6-11-24-15/h6,11,13-14H,2-5,7-10,12H2,1H3,(H,19,23). The fraction of sp³-hybridized carbons (Fsp3) is 0.706. The minimum Gasteiger partial charge on any atom is -0.342 e. The van der Waals surface area contributed by atoms with Crippen LogP contribution in [0.3, 0.4) is 0 Å². The quantitative estimate of drug-likeness (QED) is 0.910. The summed E-state index contributed by atoms with van der Waals surface area (Å²) in [4.78, 5) is 32.8. The van der Waals surface area contributed by atoms with E-state index in [2.05, 4.69) is 17.2 Å². The van der Waals surface area contributed by atoms with E-state index >= 15 is 0 Å². The number of aromatic nitrogens is 1. The molecular weight excluding hydrogens is 324 g/mol. The number of piperidine rings is 2. The molecule has 0 saturated carbocycles. The van der Waals surface area contributed by atoms with Gasteiger partial charge in [0.1, 0.15) is 5.01 Å². The highest BCUT2D eigenvalue weighted by molar-refractivity contribution is 7.09. The topological polar surface area (TPSA) is 65.5 Å². The van der Waals surface area contributed by atoms with Gasteiger partial charge in [-0.3, -0.25) is 4.79 Å². The number of hydrogen-bond acceptors (Lipinski definition) is 4. The molecule has 24 heavy (non-hydrogen) atoms. The number of thiazole rings is 1. The largest absolute Gasteiger partial charge is 0.342 e. The average Bonchev–Trinajstić information content (AvgIpc) is 3.13. The second-order valence-corrected chi connectivity index (χ2v) is 7.83. The van der Waals surface area contributed by atoms with Crippen LogP contribution in [0, 0.1) is 11.8 Å². The van der Waals surface area contributed by atoms with Crippen LogP contribution in [0.25, 0.3) is 0 Å². The number of carbonyl (C=O) groups excluding carboxylic acids is 2. The first-order valence-corrected chi connectivity index (χ1v) is 9.71. The lowest BCUT2D eigenvalue weighted by molar-refractivity contribution is -0.138. The van der Waals surface area contributed by atoms with E-state index in [4.69, 9.17) is 0 Å². The Morgan fingerprint density at radius 1 is 1.17 bits per heavy atom. The number of likely N-dealkylation sites (tertiary alicyclic amines) is 2. The van der Waals surface area contributed by atoms with E-state index in [1.807, 2.05) is 15.2 Å². The van der Waals surface area contributed by atoms with Gasteiger partial charge in [0.25, 0.3) is 0 Å². The predicted octanol–water partition coefficient (Wildman–Crippen LogP) is 2.32. The van der Waals surface area contributed by atoms with Crippen molar-refractivity contribution in [1.29, 1.82) is 0 Å². The van der Waals surface area contributed by atoms with Gasteiger partial charge in [-0.15, -0.1) is 11.3 Å².